The average molecular weight is 304 g/mol. The van der Waals surface area contributed by atoms with Gasteiger partial charge in [-0.1, -0.05) is 29.8 Å². The van der Waals surface area contributed by atoms with Gasteiger partial charge in [0.1, 0.15) is 0 Å². The van der Waals surface area contributed by atoms with Gasteiger partial charge < -0.3 is 5.73 Å². The van der Waals surface area contributed by atoms with Crippen molar-refractivity contribution >= 4 is 15.7 Å². The molecule has 0 amide bonds. The molecule has 2 aromatic carbocycles. The molecule has 21 heavy (non-hydrogen) atoms. The fraction of sp³-hybridized carbons (Fsp3) is 0.250. The van der Waals surface area contributed by atoms with Crippen molar-refractivity contribution in [3.05, 3.63) is 59.2 Å². The highest BCUT2D eigenvalue weighted by atomic mass is 32.2. The first-order chi connectivity index (χ1) is 9.87. The molecule has 0 saturated carbocycles. The van der Waals surface area contributed by atoms with Crippen LogP contribution < -0.4 is 10.5 Å². The van der Waals surface area contributed by atoms with Gasteiger partial charge in [-0.05, 0) is 49.6 Å². The summed E-state index contributed by atoms with van der Waals surface area (Å²) in [7, 11) is -3.52. The maximum absolute atomic E-state index is 12.2. The number of hydrogen-bond acceptors (Lipinski definition) is 3. The van der Waals surface area contributed by atoms with Crippen LogP contribution in [-0.2, 0) is 16.4 Å². The lowest BCUT2D eigenvalue weighted by Crippen LogP contribution is -2.26. The average Bonchev–Trinajstić information content (AvgIpc) is 2.37. The van der Waals surface area contributed by atoms with E-state index in [1.54, 1.807) is 12.1 Å². The van der Waals surface area contributed by atoms with Gasteiger partial charge in [-0.2, -0.15) is 0 Å². The number of benzene rings is 2. The summed E-state index contributed by atoms with van der Waals surface area (Å²) in [5, 5.41) is 0. The minimum Gasteiger partial charge on any atom is -0.399 e. The number of sulfonamides is 1. The van der Waals surface area contributed by atoms with Crippen molar-refractivity contribution in [3.63, 3.8) is 0 Å². The maximum atomic E-state index is 12.2. The predicted octanol–water partition coefficient (Wildman–Crippen LogP) is 2.41. The van der Waals surface area contributed by atoms with E-state index in [-0.39, 0.29) is 4.90 Å². The van der Waals surface area contributed by atoms with Crippen molar-refractivity contribution in [2.24, 2.45) is 0 Å². The quantitative estimate of drug-likeness (QED) is 0.833. The molecule has 0 aliphatic carbocycles. The summed E-state index contributed by atoms with van der Waals surface area (Å²) >= 11 is 0. The molecule has 0 bridgehead atoms. The van der Waals surface area contributed by atoms with Crippen LogP contribution in [0.25, 0.3) is 0 Å². The third kappa shape index (κ3) is 4.31. The molecule has 0 aliphatic rings. The monoisotopic (exact) mass is 304 g/mol. The molecule has 0 heterocycles. The Bertz CT molecular complexity index is 719. The Balaban J connectivity index is 2.04. The van der Waals surface area contributed by atoms with E-state index in [9.17, 15) is 8.42 Å². The zero-order valence-corrected chi connectivity index (χ0v) is 13.1. The van der Waals surface area contributed by atoms with Crippen LogP contribution in [0.5, 0.6) is 0 Å². The Morgan fingerprint density at radius 1 is 1.05 bits per heavy atom. The van der Waals surface area contributed by atoms with Crippen molar-refractivity contribution in [2.45, 2.75) is 25.2 Å². The number of anilines is 1. The van der Waals surface area contributed by atoms with Gasteiger partial charge in [-0.15, -0.1) is 0 Å². The first-order valence-electron chi connectivity index (χ1n) is 6.79. The molecule has 3 N–H and O–H groups in total. The van der Waals surface area contributed by atoms with Gasteiger partial charge in [0.15, 0.2) is 0 Å². The van der Waals surface area contributed by atoms with Crippen molar-refractivity contribution in [2.75, 3.05) is 12.3 Å². The Kier molecular flexibility index (Phi) is 4.65. The van der Waals surface area contributed by atoms with Crippen LogP contribution in [0, 0.1) is 13.8 Å². The summed E-state index contributed by atoms with van der Waals surface area (Å²) < 4.78 is 27.1. The first-order valence-corrected chi connectivity index (χ1v) is 8.27. The Hall–Kier alpha value is -1.85. The van der Waals surface area contributed by atoms with Gasteiger partial charge >= 0.3 is 0 Å². The van der Waals surface area contributed by atoms with Crippen LogP contribution in [0.3, 0.4) is 0 Å². The maximum Gasteiger partial charge on any atom is 0.240 e. The molecule has 0 fully saturated rings. The summed E-state index contributed by atoms with van der Waals surface area (Å²) in [6.45, 7) is 4.20. The lowest BCUT2D eigenvalue weighted by Gasteiger charge is -2.09. The number of nitrogens with two attached hydrogens (primary N) is 1. The smallest absolute Gasteiger partial charge is 0.240 e. The highest BCUT2D eigenvalue weighted by molar-refractivity contribution is 7.89. The van der Waals surface area contributed by atoms with E-state index >= 15 is 0 Å². The highest BCUT2D eigenvalue weighted by Crippen LogP contribution is 2.16. The van der Waals surface area contributed by atoms with Crippen LogP contribution in [0.4, 0.5) is 5.69 Å². The van der Waals surface area contributed by atoms with Gasteiger partial charge in [-0.25, -0.2) is 13.1 Å². The minimum absolute atomic E-state index is 0.212. The van der Waals surface area contributed by atoms with E-state index in [2.05, 4.69) is 10.8 Å². The molecule has 0 atom stereocenters. The van der Waals surface area contributed by atoms with Gasteiger partial charge in [0.05, 0.1) is 4.90 Å². The summed E-state index contributed by atoms with van der Waals surface area (Å²) in [5.74, 6) is 0. The molecule has 2 aromatic rings. The second-order valence-electron chi connectivity index (χ2n) is 5.22. The van der Waals surface area contributed by atoms with Gasteiger partial charge in [0.25, 0.3) is 0 Å². The van der Waals surface area contributed by atoms with Gasteiger partial charge in [0.2, 0.25) is 10.0 Å². The molecule has 0 unspecified atom stereocenters. The molecule has 0 spiro atoms. The number of nitrogens with one attached hydrogen (secondary N) is 1. The molecule has 2 rings (SSSR count). The SMILES string of the molecule is Cc1cccc(CCNS(=O)(=O)c2cc(C)cc(N)c2)c1. The van der Waals surface area contributed by atoms with Crippen molar-refractivity contribution < 1.29 is 8.42 Å². The largest absolute Gasteiger partial charge is 0.399 e. The van der Waals surface area contributed by atoms with Gasteiger partial charge in [0, 0.05) is 12.2 Å². The number of hydrogen-bond donors (Lipinski definition) is 2. The van der Waals surface area contributed by atoms with Crippen molar-refractivity contribution in [3.8, 4) is 0 Å². The Morgan fingerprint density at radius 2 is 1.81 bits per heavy atom. The molecule has 0 saturated heterocycles. The standard InChI is InChI=1S/C16H20N2O2S/c1-12-4-3-5-14(8-12)6-7-18-21(19,20)16-10-13(2)9-15(17)11-16/h3-5,8-11,18H,6-7,17H2,1-2H3. The highest BCUT2D eigenvalue weighted by Gasteiger charge is 2.14. The van der Waals surface area contributed by atoms with E-state index in [1.165, 1.54) is 11.6 Å². The molecule has 4 nitrogen and oxygen atoms in total. The molecule has 0 aromatic heterocycles. The van der Waals surface area contributed by atoms with Crippen LogP contribution >= 0.6 is 0 Å². The zero-order valence-electron chi connectivity index (χ0n) is 12.3. The summed E-state index contributed by atoms with van der Waals surface area (Å²) in [4.78, 5) is 0.212. The van der Waals surface area contributed by atoms with E-state index in [0.29, 0.717) is 18.7 Å². The third-order valence-corrected chi connectivity index (χ3v) is 4.61. The molecule has 0 aliphatic heterocycles. The first kappa shape index (κ1) is 15.5. The molecule has 0 radical (unpaired) electrons. The van der Waals surface area contributed by atoms with E-state index in [1.807, 2.05) is 32.0 Å². The fourth-order valence-electron chi connectivity index (χ4n) is 2.21. The zero-order chi connectivity index (χ0) is 15.5. The van der Waals surface area contributed by atoms with Crippen LogP contribution in [0.15, 0.2) is 47.4 Å². The van der Waals surface area contributed by atoms with E-state index in [4.69, 9.17) is 5.73 Å². The summed E-state index contributed by atoms with van der Waals surface area (Å²) in [5.41, 5.74) is 9.26. The molecule has 112 valence electrons. The topological polar surface area (TPSA) is 72.2 Å². The fourth-order valence-corrected chi connectivity index (χ4v) is 3.38. The number of nitrogen functional groups attached to an aromatic ring is 1. The van der Waals surface area contributed by atoms with E-state index < -0.39 is 10.0 Å². The Labute approximate surface area is 126 Å². The molecule has 5 heteroatoms. The lowest BCUT2D eigenvalue weighted by atomic mass is 10.1. The van der Waals surface area contributed by atoms with Crippen molar-refractivity contribution in [1.82, 2.24) is 4.72 Å². The van der Waals surface area contributed by atoms with Crippen molar-refractivity contribution in [1.29, 1.82) is 0 Å². The van der Waals surface area contributed by atoms with Gasteiger partial charge in [-0.3, -0.25) is 0 Å². The predicted molar refractivity (Wildman–Crippen MR) is 85.7 cm³/mol. The molecular formula is C16H20N2O2S. The normalized spacial score (nSPS) is 11.5. The van der Waals surface area contributed by atoms with Crippen LogP contribution in [0.1, 0.15) is 16.7 Å². The minimum atomic E-state index is -3.52. The van der Waals surface area contributed by atoms with Crippen LogP contribution in [0.2, 0.25) is 0 Å². The van der Waals surface area contributed by atoms with E-state index in [0.717, 1.165) is 11.1 Å². The van der Waals surface area contributed by atoms with Crippen LogP contribution in [-0.4, -0.2) is 15.0 Å². The second-order valence-corrected chi connectivity index (χ2v) is 6.98. The lowest BCUT2D eigenvalue weighted by molar-refractivity contribution is 0.581. The molecular weight excluding hydrogens is 284 g/mol. The third-order valence-electron chi connectivity index (χ3n) is 3.17. The number of rotatable bonds is 5. The number of aryl methyl sites for hydroxylation is 2. The summed E-state index contributed by atoms with van der Waals surface area (Å²) in [6, 6.07) is 12.9. The summed E-state index contributed by atoms with van der Waals surface area (Å²) in [6.07, 6.45) is 0.655. The Morgan fingerprint density at radius 3 is 2.48 bits per heavy atom. The second kappa shape index (κ2) is 6.28.